The molecule has 2 rings (SSSR count). The van der Waals surface area contributed by atoms with Crippen LogP contribution in [-0.2, 0) is 9.53 Å². The van der Waals surface area contributed by atoms with Crippen LogP contribution in [-0.4, -0.2) is 43.5 Å². The zero-order chi connectivity index (χ0) is 22.1. The van der Waals surface area contributed by atoms with Gasteiger partial charge in [-0.15, -0.1) is 0 Å². The van der Waals surface area contributed by atoms with Gasteiger partial charge in [-0.1, -0.05) is 37.3 Å². The van der Waals surface area contributed by atoms with Crippen molar-refractivity contribution in [1.29, 1.82) is 0 Å². The molecule has 0 saturated carbocycles. The molecule has 0 saturated heterocycles. The van der Waals surface area contributed by atoms with E-state index in [9.17, 15) is 19.2 Å². The Kier molecular flexibility index (Phi) is 8.10. The predicted octanol–water partition coefficient (Wildman–Crippen LogP) is 2.74. The fraction of sp³-hybridized carbons (Fsp3) is 0.273. The molecule has 158 valence electrons. The van der Waals surface area contributed by atoms with Gasteiger partial charge in [0, 0.05) is 18.8 Å². The van der Waals surface area contributed by atoms with Crippen LogP contribution >= 0.6 is 0 Å². The molecule has 0 unspecified atom stereocenters. The quantitative estimate of drug-likeness (QED) is 0.682. The van der Waals surface area contributed by atoms with Crippen molar-refractivity contribution < 1.29 is 23.9 Å². The average Bonchev–Trinajstić information content (AvgIpc) is 2.76. The van der Waals surface area contributed by atoms with Crippen molar-refractivity contribution in [2.75, 3.05) is 18.6 Å². The largest absolute Gasteiger partial charge is 0.452 e. The van der Waals surface area contributed by atoms with Gasteiger partial charge in [0.15, 0.2) is 6.61 Å². The van der Waals surface area contributed by atoms with Gasteiger partial charge in [-0.2, -0.15) is 0 Å². The number of nitrogens with one attached hydrogen (secondary N) is 2. The summed E-state index contributed by atoms with van der Waals surface area (Å²) in [4.78, 5) is 50.3. The van der Waals surface area contributed by atoms with Gasteiger partial charge in [0.2, 0.25) is 0 Å². The third-order valence-corrected chi connectivity index (χ3v) is 4.40. The van der Waals surface area contributed by atoms with E-state index in [0.29, 0.717) is 12.1 Å². The predicted molar refractivity (Wildman–Crippen MR) is 112 cm³/mol. The lowest BCUT2D eigenvalue weighted by molar-refractivity contribution is -0.123. The Balaban J connectivity index is 2.03. The molecule has 0 bridgehead atoms. The van der Waals surface area contributed by atoms with Gasteiger partial charge < -0.3 is 15.0 Å². The first-order chi connectivity index (χ1) is 14.3. The summed E-state index contributed by atoms with van der Waals surface area (Å²) in [5.74, 6) is -2.00. The van der Waals surface area contributed by atoms with E-state index >= 15 is 0 Å². The first kappa shape index (κ1) is 22.6. The second-order valence-corrected chi connectivity index (χ2v) is 6.65. The molecular formula is C22H25N3O5. The van der Waals surface area contributed by atoms with E-state index in [2.05, 4.69) is 10.6 Å². The molecule has 8 nitrogen and oxygen atoms in total. The lowest BCUT2D eigenvalue weighted by atomic mass is 10.1. The number of carbonyl (C=O) groups excluding carboxylic acids is 4. The Morgan fingerprint density at radius 1 is 0.967 bits per heavy atom. The van der Waals surface area contributed by atoms with E-state index in [0.717, 1.165) is 0 Å². The molecule has 30 heavy (non-hydrogen) atoms. The monoisotopic (exact) mass is 411 g/mol. The molecule has 0 radical (unpaired) electrons. The topological polar surface area (TPSA) is 105 Å². The van der Waals surface area contributed by atoms with Crippen LogP contribution in [0.15, 0.2) is 54.6 Å². The Morgan fingerprint density at radius 2 is 1.57 bits per heavy atom. The number of amides is 4. The van der Waals surface area contributed by atoms with Gasteiger partial charge in [0.1, 0.15) is 0 Å². The highest BCUT2D eigenvalue weighted by Crippen LogP contribution is 2.18. The summed E-state index contributed by atoms with van der Waals surface area (Å²) in [6.07, 6.45) is 0.707. The summed E-state index contributed by atoms with van der Waals surface area (Å²) in [6, 6.07) is 14.4. The second kappa shape index (κ2) is 10.8. The molecule has 0 fully saturated rings. The second-order valence-electron chi connectivity index (χ2n) is 6.65. The number of para-hydroxylation sites is 1. The Hall–Kier alpha value is -3.68. The van der Waals surface area contributed by atoms with Gasteiger partial charge in [-0.25, -0.2) is 9.59 Å². The summed E-state index contributed by atoms with van der Waals surface area (Å²) in [5, 5.41) is 4.66. The Morgan fingerprint density at radius 3 is 2.20 bits per heavy atom. The number of rotatable bonds is 7. The molecule has 0 aromatic heterocycles. The molecule has 4 amide bonds. The zero-order valence-corrected chi connectivity index (χ0v) is 17.2. The van der Waals surface area contributed by atoms with E-state index in [4.69, 9.17) is 4.74 Å². The summed E-state index contributed by atoms with van der Waals surface area (Å²) >= 11 is 0. The fourth-order valence-electron chi connectivity index (χ4n) is 2.53. The molecule has 2 aromatic rings. The standard InChI is InChI=1S/C22H25N3O5/c1-4-15(2)23-22(29)24-19(26)14-30-21(28)18-13-9-8-12-17(18)20(27)25(3)16-10-6-5-7-11-16/h5-13,15H,4,14H2,1-3H3,(H2,23,24,26,29)/t15-/m1/s1. The van der Waals surface area contributed by atoms with Crippen LogP contribution in [0.3, 0.4) is 0 Å². The van der Waals surface area contributed by atoms with E-state index < -0.39 is 30.4 Å². The van der Waals surface area contributed by atoms with Crippen LogP contribution in [0.1, 0.15) is 41.0 Å². The van der Waals surface area contributed by atoms with Gasteiger partial charge in [-0.05, 0) is 37.6 Å². The number of urea groups is 1. The normalized spacial score (nSPS) is 11.2. The molecule has 2 N–H and O–H groups in total. The highest BCUT2D eigenvalue weighted by Gasteiger charge is 2.22. The van der Waals surface area contributed by atoms with Crippen LogP contribution < -0.4 is 15.5 Å². The van der Waals surface area contributed by atoms with E-state index in [-0.39, 0.29) is 17.2 Å². The van der Waals surface area contributed by atoms with Crippen molar-refractivity contribution in [3.63, 3.8) is 0 Å². The van der Waals surface area contributed by atoms with Crippen LogP contribution in [0, 0.1) is 0 Å². The molecule has 0 heterocycles. The third-order valence-electron chi connectivity index (χ3n) is 4.40. The van der Waals surface area contributed by atoms with Crippen LogP contribution in [0.4, 0.5) is 10.5 Å². The Bertz CT molecular complexity index is 914. The van der Waals surface area contributed by atoms with Crippen molar-refractivity contribution in [3.05, 3.63) is 65.7 Å². The summed E-state index contributed by atoms with van der Waals surface area (Å²) in [6.45, 7) is 3.04. The van der Waals surface area contributed by atoms with Gasteiger partial charge in [0.05, 0.1) is 11.1 Å². The number of hydrogen-bond acceptors (Lipinski definition) is 5. The molecule has 0 aliphatic carbocycles. The smallest absolute Gasteiger partial charge is 0.339 e. The number of benzene rings is 2. The number of hydrogen-bond donors (Lipinski definition) is 2. The number of imide groups is 1. The molecule has 8 heteroatoms. The van der Waals surface area contributed by atoms with E-state index in [1.165, 1.54) is 17.0 Å². The highest BCUT2D eigenvalue weighted by atomic mass is 16.5. The lowest BCUT2D eigenvalue weighted by Gasteiger charge is -2.18. The van der Waals surface area contributed by atoms with Crippen molar-refractivity contribution in [2.24, 2.45) is 0 Å². The maximum Gasteiger partial charge on any atom is 0.339 e. The number of carbonyl (C=O) groups is 4. The summed E-state index contributed by atoms with van der Waals surface area (Å²) < 4.78 is 5.00. The molecule has 1 atom stereocenters. The lowest BCUT2D eigenvalue weighted by Crippen LogP contribution is -2.44. The number of nitrogens with zero attached hydrogens (tertiary/aromatic N) is 1. The number of ether oxygens (including phenoxy) is 1. The highest BCUT2D eigenvalue weighted by molar-refractivity contribution is 6.12. The molecular weight excluding hydrogens is 386 g/mol. The van der Waals surface area contributed by atoms with E-state index in [1.807, 2.05) is 13.0 Å². The van der Waals surface area contributed by atoms with Crippen molar-refractivity contribution >= 4 is 29.5 Å². The van der Waals surface area contributed by atoms with Gasteiger partial charge in [-0.3, -0.25) is 14.9 Å². The minimum Gasteiger partial charge on any atom is -0.452 e. The Labute approximate surface area is 175 Å². The third kappa shape index (κ3) is 6.16. The van der Waals surface area contributed by atoms with Crippen LogP contribution in [0.5, 0.6) is 0 Å². The summed E-state index contributed by atoms with van der Waals surface area (Å²) in [7, 11) is 1.60. The minimum atomic E-state index is -0.835. The maximum absolute atomic E-state index is 12.9. The number of anilines is 1. The molecule has 0 aliphatic rings. The van der Waals surface area contributed by atoms with Crippen LogP contribution in [0.2, 0.25) is 0 Å². The molecule has 0 spiro atoms. The van der Waals surface area contributed by atoms with Crippen molar-refractivity contribution in [1.82, 2.24) is 10.6 Å². The van der Waals surface area contributed by atoms with E-state index in [1.54, 1.807) is 50.4 Å². The minimum absolute atomic E-state index is 0.0298. The SMILES string of the molecule is CC[C@@H](C)NC(=O)NC(=O)COC(=O)c1ccccc1C(=O)N(C)c1ccccc1. The average molecular weight is 411 g/mol. The molecule has 0 aliphatic heterocycles. The zero-order valence-electron chi connectivity index (χ0n) is 17.2. The van der Waals surface area contributed by atoms with Crippen molar-refractivity contribution in [2.45, 2.75) is 26.3 Å². The maximum atomic E-state index is 12.9. The first-order valence-corrected chi connectivity index (χ1v) is 9.53. The fourth-order valence-corrected chi connectivity index (χ4v) is 2.53. The van der Waals surface area contributed by atoms with Crippen molar-refractivity contribution in [3.8, 4) is 0 Å². The van der Waals surface area contributed by atoms with Gasteiger partial charge >= 0.3 is 12.0 Å². The molecule has 2 aromatic carbocycles. The first-order valence-electron chi connectivity index (χ1n) is 9.53. The van der Waals surface area contributed by atoms with Gasteiger partial charge in [0.25, 0.3) is 11.8 Å². The number of esters is 1. The van der Waals surface area contributed by atoms with Crippen LogP contribution in [0.25, 0.3) is 0 Å². The summed E-state index contributed by atoms with van der Waals surface area (Å²) in [5.41, 5.74) is 0.836.